The molecule has 2 unspecified atom stereocenters. The van der Waals surface area contributed by atoms with Crippen molar-refractivity contribution in [3.63, 3.8) is 0 Å². The van der Waals surface area contributed by atoms with E-state index in [0.29, 0.717) is 37.9 Å². The van der Waals surface area contributed by atoms with Crippen LogP contribution in [-0.4, -0.2) is 84.3 Å². The van der Waals surface area contributed by atoms with E-state index < -0.39 is 0 Å². The number of carbonyl (C=O) groups is 2. The molecule has 0 aliphatic heterocycles. The van der Waals surface area contributed by atoms with Crippen molar-refractivity contribution in [3.05, 3.63) is 0 Å². The Morgan fingerprint density at radius 1 is 0.562 bits per heavy atom. The SMILES string of the molecule is CCCCC(CC)COC(=O)CCCCCCCCC(=O)OCC(CC)CCCC.[NaH].[NaH]. The third-order valence-electron chi connectivity index (χ3n) is 6.06. The van der Waals surface area contributed by atoms with Crippen LogP contribution in [0.4, 0.5) is 0 Å². The van der Waals surface area contributed by atoms with Crippen LogP contribution < -0.4 is 0 Å². The van der Waals surface area contributed by atoms with Gasteiger partial charge in [-0.2, -0.15) is 0 Å². The van der Waals surface area contributed by atoms with Crippen molar-refractivity contribution in [2.45, 2.75) is 130 Å². The van der Waals surface area contributed by atoms with Crippen molar-refractivity contribution in [1.29, 1.82) is 0 Å². The van der Waals surface area contributed by atoms with Crippen LogP contribution in [0.15, 0.2) is 0 Å². The molecule has 0 spiro atoms. The van der Waals surface area contributed by atoms with Gasteiger partial charge in [0.15, 0.2) is 0 Å². The Morgan fingerprint density at radius 2 is 0.906 bits per heavy atom. The van der Waals surface area contributed by atoms with Gasteiger partial charge in [0, 0.05) is 12.8 Å². The molecule has 4 nitrogen and oxygen atoms in total. The first-order valence-electron chi connectivity index (χ1n) is 12.9. The van der Waals surface area contributed by atoms with E-state index in [1.165, 1.54) is 25.7 Å². The van der Waals surface area contributed by atoms with Crippen molar-refractivity contribution in [3.8, 4) is 0 Å². The van der Waals surface area contributed by atoms with Gasteiger partial charge in [-0.3, -0.25) is 9.59 Å². The van der Waals surface area contributed by atoms with Gasteiger partial charge in [-0.15, -0.1) is 0 Å². The van der Waals surface area contributed by atoms with Gasteiger partial charge in [-0.25, -0.2) is 0 Å². The van der Waals surface area contributed by atoms with E-state index in [0.717, 1.165) is 64.2 Å². The Morgan fingerprint density at radius 3 is 1.22 bits per heavy atom. The van der Waals surface area contributed by atoms with E-state index in [2.05, 4.69) is 27.7 Å². The number of hydrogen-bond donors (Lipinski definition) is 0. The number of rotatable bonds is 21. The van der Waals surface area contributed by atoms with Crippen LogP contribution in [0.25, 0.3) is 0 Å². The third kappa shape index (κ3) is 24.1. The fourth-order valence-corrected chi connectivity index (χ4v) is 3.61. The van der Waals surface area contributed by atoms with Gasteiger partial charge in [0.05, 0.1) is 13.2 Å². The first-order chi connectivity index (χ1) is 14.6. The summed E-state index contributed by atoms with van der Waals surface area (Å²) in [4.78, 5) is 23.7. The summed E-state index contributed by atoms with van der Waals surface area (Å²) in [6.45, 7) is 9.90. The second-order valence-electron chi connectivity index (χ2n) is 8.82. The Labute approximate surface area is 243 Å². The van der Waals surface area contributed by atoms with Crippen molar-refractivity contribution < 1.29 is 19.1 Å². The van der Waals surface area contributed by atoms with Crippen LogP contribution in [0.5, 0.6) is 0 Å². The number of unbranched alkanes of at least 4 members (excludes halogenated alkanes) is 7. The molecule has 0 aliphatic rings. The second kappa shape index (κ2) is 28.2. The molecule has 2 atom stereocenters. The first-order valence-corrected chi connectivity index (χ1v) is 12.9. The summed E-state index contributed by atoms with van der Waals surface area (Å²) in [5, 5.41) is 0. The number of ether oxygens (including phenoxy) is 2. The zero-order valence-corrected chi connectivity index (χ0v) is 20.5. The summed E-state index contributed by atoms with van der Waals surface area (Å²) in [5.41, 5.74) is 0. The fraction of sp³-hybridized carbons (Fsp3) is 0.923. The third-order valence-corrected chi connectivity index (χ3v) is 6.06. The van der Waals surface area contributed by atoms with Gasteiger partial charge in [-0.1, -0.05) is 91.9 Å². The molecule has 6 heteroatoms. The molecule has 0 N–H and O–H groups in total. The molecular formula is C26H52Na2O4. The van der Waals surface area contributed by atoms with E-state index >= 15 is 0 Å². The van der Waals surface area contributed by atoms with E-state index in [9.17, 15) is 9.59 Å². The molecule has 182 valence electrons. The monoisotopic (exact) mass is 474 g/mol. The minimum absolute atomic E-state index is 0. The van der Waals surface area contributed by atoms with E-state index in [4.69, 9.17) is 9.47 Å². The summed E-state index contributed by atoms with van der Waals surface area (Å²) in [6.07, 6.45) is 16.5. The van der Waals surface area contributed by atoms with E-state index in [1.54, 1.807) is 0 Å². The van der Waals surface area contributed by atoms with Crippen molar-refractivity contribution in [2.75, 3.05) is 13.2 Å². The Bertz CT molecular complexity index is 381. The average Bonchev–Trinajstić information content (AvgIpc) is 2.75. The minimum atomic E-state index is -0.0444. The van der Waals surface area contributed by atoms with Crippen molar-refractivity contribution in [2.24, 2.45) is 11.8 Å². The molecule has 0 rings (SSSR count). The summed E-state index contributed by atoms with van der Waals surface area (Å²) >= 11 is 0. The molecule has 0 heterocycles. The normalized spacial score (nSPS) is 12.2. The maximum absolute atomic E-state index is 11.9. The molecule has 0 fully saturated rings. The number of esters is 2. The quantitative estimate of drug-likeness (QED) is 0.111. The molecule has 0 aromatic heterocycles. The zero-order valence-electron chi connectivity index (χ0n) is 20.5. The molecule has 32 heavy (non-hydrogen) atoms. The molecule has 0 aromatic carbocycles. The molecule has 0 radical (unpaired) electrons. The molecular weight excluding hydrogens is 422 g/mol. The fourth-order valence-electron chi connectivity index (χ4n) is 3.61. The molecule has 0 saturated carbocycles. The predicted octanol–water partition coefficient (Wildman–Crippen LogP) is 6.33. The summed E-state index contributed by atoms with van der Waals surface area (Å²) in [6, 6.07) is 0. The van der Waals surface area contributed by atoms with Gasteiger partial charge in [0.1, 0.15) is 0 Å². The summed E-state index contributed by atoms with van der Waals surface area (Å²) in [5.74, 6) is 0.948. The Kier molecular flexibility index (Phi) is 33.0. The average molecular weight is 475 g/mol. The van der Waals surface area contributed by atoms with Crippen LogP contribution in [0.3, 0.4) is 0 Å². The van der Waals surface area contributed by atoms with Gasteiger partial charge in [0.25, 0.3) is 0 Å². The Balaban J connectivity index is -0.00000420. The van der Waals surface area contributed by atoms with Crippen molar-refractivity contribution in [1.82, 2.24) is 0 Å². The van der Waals surface area contributed by atoms with Gasteiger partial charge >= 0.3 is 71.1 Å². The second-order valence-corrected chi connectivity index (χ2v) is 8.82. The van der Waals surface area contributed by atoms with Crippen LogP contribution in [0.2, 0.25) is 0 Å². The molecule has 0 aromatic rings. The van der Waals surface area contributed by atoms with Crippen LogP contribution in [0, 0.1) is 11.8 Å². The molecule has 0 bridgehead atoms. The van der Waals surface area contributed by atoms with E-state index in [1.807, 2.05) is 0 Å². The van der Waals surface area contributed by atoms with Gasteiger partial charge < -0.3 is 9.47 Å². The molecule has 0 amide bonds. The topological polar surface area (TPSA) is 52.6 Å². The summed E-state index contributed by atoms with van der Waals surface area (Å²) < 4.78 is 10.9. The maximum atomic E-state index is 11.9. The van der Waals surface area contributed by atoms with Crippen LogP contribution >= 0.6 is 0 Å². The standard InChI is InChI=1S/C26H50O4.2Na.2H/c1-5-9-17-23(7-3)21-29-25(27)19-15-13-11-12-14-16-20-26(28)30-22-24(8-4)18-10-6-2;;;;/h23-24H,5-22H2,1-4H3;;;;. The van der Waals surface area contributed by atoms with Crippen LogP contribution in [-0.2, 0) is 19.1 Å². The molecule has 0 saturated heterocycles. The van der Waals surface area contributed by atoms with Gasteiger partial charge in [-0.05, 0) is 37.5 Å². The van der Waals surface area contributed by atoms with Crippen LogP contribution in [0.1, 0.15) is 130 Å². The van der Waals surface area contributed by atoms with E-state index in [-0.39, 0.29) is 71.1 Å². The molecule has 0 aliphatic carbocycles. The predicted molar refractivity (Wildman–Crippen MR) is 140 cm³/mol. The zero-order chi connectivity index (χ0) is 22.5. The van der Waals surface area contributed by atoms with Gasteiger partial charge in [0.2, 0.25) is 0 Å². The number of hydrogen-bond acceptors (Lipinski definition) is 4. The summed E-state index contributed by atoms with van der Waals surface area (Å²) in [7, 11) is 0. The van der Waals surface area contributed by atoms with Crippen molar-refractivity contribution >= 4 is 71.1 Å². The first kappa shape index (κ1) is 37.5. The Hall–Kier alpha value is 0.940. The number of carbonyl (C=O) groups excluding carboxylic acids is 2.